The van der Waals surface area contributed by atoms with E-state index >= 15 is 0 Å². The number of rotatable bonds is 4. The van der Waals surface area contributed by atoms with Gasteiger partial charge in [-0.1, -0.05) is 30.3 Å². The van der Waals surface area contributed by atoms with Crippen molar-refractivity contribution >= 4 is 0 Å². The summed E-state index contributed by atoms with van der Waals surface area (Å²) in [6.45, 7) is 3.57. The molecule has 16 heavy (non-hydrogen) atoms. The SMILES string of the molecule is Cc1ncc(CCN)n1Cc1ccccc1. The summed E-state index contributed by atoms with van der Waals surface area (Å²) in [4.78, 5) is 4.34. The van der Waals surface area contributed by atoms with Crippen molar-refractivity contribution < 1.29 is 0 Å². The summed E-state index contributed by atoms with van der Waals surface area (Å²) in [5.41, 5.74) is 8.10. The van der Waals surface area contributed by atoms with Crippen LogP contribution in [0.1, 0.15) is 17.1 Å². The van der Waals surface area contributed by atoms with Gasteiger partial charge in [0.05, 0.1) is 0 Å². The molecule has 0 aliphatic rings. The van der Waals surface area contributed by atoms with E-state index < -0.39 is 0 Å². The molecule has 2 aromatic rings. The molecule has 84 valence electrons. The molecule has 0 atom stereocenters. The van der Waals surface area contributed by atoms with Crippen LogP contribution in [0.5, 0.6) is 0 Å². The van der Waals surface area contributed by atoms with Crippen LogP contribution < -0.4 is 5.73 Å². The Balaban J connectivity index is 2.23. The zero-order valence-corrected chi connectivity index (χ0v) is 9.56. The van der Waals surface area contributed by atoms with E-state index in [1.807, 2.05) is 19.2 Å². The maximum absolute atomic E-state index is 5.59. The first-order valence-electron chi connectivity index (χ1n) is 5.56. The van der Waals surface area contributed by atoms with E-state index in [2.05, 4.69) is 33.8 Å². The van der Waals surface area contributed by atoms with Gasteiger partial charge in [0.2, 0.25) is 0 Å². The van der Waals surface area contributed by atoms with Crippen molar-refractivity contribution in [3.05, 3.63) is 53.6 Å². The van der Waals surface area contributed by atoms with Crippen molar-refractivity contribution in [1.82, 2.24) is 9.55 Å². The second-order valence-corrected chi connectivity index (χ2v) is 3.91. The summed E-state index contributed by atoms with van der Waals surface area (Å²) in [7, 11) is 0. The molecule has 0 saturated carbocycles. The fourth-order valence-electron chi connectivity index (χ4n) is 1.84. The molecule has 2 N–H and O–H groups in total. The van der Waals surface area contributed by atoms with E-state index in [1.54, 1.807) is 0 Å². The summed E-state index contributed by atoms with van der Waals surface area (Å²) >= 11 is 0. The van der Waals surface area contributed by atoms with E-state index in [4.69, 9.17) is 5.73 Å². The molecular formula is C13H17N3. The van der Waals surface area contributed by atoms with Crippen LogP contribution in [0.4, 0.5) is 0 Å². The summed E-state index contributed by atoms with van der Waals surface area (Å²) in [6.07, 6.45) is 2.80. The highest BCUT2D eigenvalue weighted by Gasteiger charge is 2.05. The van der Waals surface area contributed by atoms with E-state index in [1.165, 1.54) is 11.3 Å². The topological polar surface area (TPSA) is 43.8 Å². The van der Waals surface area contributed by atoms with Gasteiger partial charge in [-0.2, -0.15) is 0 Å². The van der Waals surface area contributed by atoms with Gasteiger partial charge >= 0.3 is 0 Å². The monoisotopic (exact) mass is 215 g/mol. The Morgan fingerprint density at radius 2 is 2.00 bits per heavy atom. The molecule has 0 saturated heterocycles. The van der Waals surface area contributed by atoms with Gasteiger partial charge in [-0.25, -0.2) is 4.98 Å². The number of nitrogens with zero attached hydrogens (tertiary/aromatic N) is 2. The molecule has 0 fully saturated rings. The molecule has 1 aromatic carbocycles. The van der Waals surface area contributed by atoms with Gasteiger partial charge < -0.3 is 10.3 Å². The first-order valence-corrected chi connectivity index (χ1v) is 5.56. The number of benzene rings is 1. The highest BCUT2D eigenvalue weighted by Crippen LogP contribution is 2.09. The molecule has 0 unspecified atom stereocenters. The van der Waals surface area contributed by atoms with E-state index in [0.29, 0.717) is 6.54 Å². The summed E-state index contributed by atoms with van der Waals surface area (Å²) in [6, 6.07) is 10.4. The van der Waals surface area contributed by atoms with Gasteiger partial charge in [-0.05, 0) is 19.0 Å². The lowest BCUT2D eigenvalue weighted by Gasteiger charge is -2.09. The van der Waals surface area contributed by atoms with Crippen molar-refractivity contribution in [2.75, 3.05) is 6.54 Å². The van der Waals surface area contributed by atoms with Crippen LogP contribution in [0, 0.1) is 6.92 Å². The van der Waals surface area contributed by atoms with Crippen molar-refractivity contribution in [2.45, 2.75) is 19.9 Å². The zero-order valence-electron chi connectivity index (χ0n) is 9.56. The van der Waals surface area contributed by atoms with Crippen LogP contribution in [0.2, 0.25) is 0 Å². The molecule has 0 spiro atoms. The van der Waals surface area contributed by atoms with Crippen LogP contribution in [0.3, 0.4) is 0 Å². The molecular weight excluding hydrogens is 198 g/mol. The minimum absolute atomic E-state index is 0.667. The Hall–Kier alpha value is -1.61. The first kappa shape index (κ1) is 10.9. The molecule has 0 aliphatic carbocycles. The molecule has 0 aliphatic heterocycles. The minimum atomic E-state index is 0.667. The molecule has 3 nitrogen and oxygen atoms in total. The molecule has 1 aromatic heterocycles. The van der Waals surface area contributed by atoms with Gasteiger partial charge in [0.15, 0.2) is 0 Å². The Kier molecular flexibility index (Phi) is 3.37. The number of aromatic nitrogens is 2. The van der Waals surface area contributed by atoms with Crippen LogP contribution >= 0.6 is 0 Å². The number of hydrogen-bond acceptors (Lipinski definition) is 2. The predicted octanol–water partition coefficient (Wildman–Crippen LogP) is 1.74. The minimum Gasteiger partial charge on any atom is -0.330 e. The maximum atomic E-state index is 5.59. The van der Waals surface area contributed by atoms with Crippen molar-refractivity contribution in [3.63, 3.8) is 0 Å². The molecule has 0 amide bonds. The van der Waals surface area contributed by atoms with Crippen LogP contribution in [-0.2, 0) is 13.0 Å². The Bertz CT molecular complexity index is 445. The molecule has 3 heteroatoms. The Morgan fingerprint density at radius 3 is 2.69 bits per heavy atom. The summed E-state index contributed by atoms with van der Waals surface area (Å²) < 4.78 is 2.22. The van der Waals surface area contributed by atoms with Gasteiger partial charge in [0, 0.05) is 24.9 Å². The van der Waals surface area contributed by atoms with Gasteiger partial charge in [0.25, 0.3) is 0 Å². The van der Waals surface area contributed by atoms with E-state index in [0.717, 1.165) is 18.8 Å². The van der Waals surface area contributed by atoms with E-state index in [9.17, 15) is 0 Å². The van der Waals surface area contributed by atoms with Crippen molar-refractivity contribution in [3.8, 4) is 0 Å². The second-order valence-electron chi connectivity index (χ2n) is 3.91. The molecule has 2 rings (SSSR count). The molecule has 1 heterocycles. The summed E-state index contributed by atoms with van der Waals surface area (Å²) in [5.74, 6) is 1.05. The van der Waals surface area contributed by atoms with Crippen LogP contribution in [0.15, 0.2) is 36.5 Å². The third-order valence-corrected chi connectivity index (χ3v) is 2.72. The Morgan fingerprint density at radius 1 is 1.25 bits per heavy atom. The number of aryl methyl sites for hydroxylation is 1. The maximum Gasteiger partial charge on any atom is 0.106 e. The standard InChI is InChI=1S/C13H17N3/c1-11-15-9-13(7-8-14)16(11)10-12-5-3-2-4-6-12/h2-6,9H,7-8,10,14H2,1H3. The third kappa shape index (κ3) is 2.31. The number of hydrogen-bond donors (Lipinski definition) is 1. The predicted molar refractivity (Wildman–Crippen MR) is 65.3 cm³/mol. The zero-order chi connectivity index (χ0) is 11.4. The fourth-order valence-corrected chi connectivity index (χ4v) is 1.84. The third-order valence-electron chi connectivity index (χ3n) is 2.72. The van der Waals surface area contributed by atoms with Crippen molar-refractivity contribution in [1.29, 1.82) is 0 Å². The lowest BCUT2D eigenvalue weighted by atomic mass is 10.2. The average Bonchev–Trinajstić information content (AvgIpc) is 2.64. The highest BCUT2D eigenvalue weighted by molar-refractivity contribution is 5.17. The molecule has 0 radical (unpaired) electrons. The van der Waals surface area contributed by atoms with Gasteiger partial charge in [-0.15, -0.1) is 0 Å². The van der Waals surface area contributed by atoms with Crippen LogP contribution in [0.25, 0.3) is 0 Å². The highest BCUT2D eigenvalue weighted by atomic mass is 15.1. The number of nitrogens with two attached hydrogens (primary N) is 1. The van der Waals surface area contributed by atoms with Gasteiger partial charge in [0.1, 0.15) is 5.82 Å². The van der Waals surface area contributed by atoms with Gasteiger partial charge in [-0.3, -0.25) is 0 Å². The number of imidazole rings is 1. The molecule has 0 bridgehead atoms. The van der Waals surface area contributed by atoms with Crippen molar-refractivity contribution in [2.24, 2.45) is 5.73 Å². The lowest BCUT2D eigenvalue weighted by Crippen LogP contribution is -2.10. The van der Waals surface area contributed by atoms with E-state index in [-0.39, 0.29) is 0 Å². The average molecular weight is 215 g/mol. The quantitative estimate of drug-likeness (QED) is 0.844. The smallest absolute Gasteiger partial charge is 0.106 e. The van der Waals surface area contributed by atoms with Crippen LogP contribution in [-0.4, -0.2) is 16.1 Å². The second kappa shape index (κ2) is 4.94. The summed E-state index contributed by atoms with van der Waals surface area (Å²) in [5, 5.41) is 0. The first-order chi connectivity index (χ1) is 7.81. The largest absolute Gasteiger partial charge is 0.330 e. The fraction of sp³-hybridized carbons (Fsp3) is 0.308. The normalized spacial score (nSPS) is 10.6. The lowest BCUT2D eigenvalue weighted by molar-refractivity contribution is 0.708. The Labute approximate surface area is 95.9 Å².